The summed E-state index contributed by atoms with van der Waals surface area (Å²) in [5.41, 5.74) is 2.38. The number of carbonyl (C=O) groups excluding carboxylic acids is 1. The van der Waals surface area contributed by atoms with E-state index in [0.29, 0.717) is 49.3 Å². The molecule has 37 heavy (non-hydrogen) atoms. The Bertz CT molecular complexity index is 1100. The van der Waals surface area contributed by atoms with Gasteiger partial charge in [0.25, 0.3) is 0 Å². The molecule has 2 aliphatic carbocycles. The van der Waals surface area contributed by atoms with Crippen LogP contribution in [0, 0.1) is 11.8 Å². The van der Waals surface area contributed by atoms with E-state index in [2.05, 4.69) is 45.5 Å². The van der Waals surface area contributed by atoms with Gasteiger partial charge in [0.2, 0.25) is 11.8 Å². The molecule has 0 bridgehead atoms. The molecule has 4 aliphatic rings. The van der Waals surface area contributed by atoms with E-state index in [4.69, 9.17) is 4.74 Å². The Balaban J connectivity index is 1.31. The van der Waals surface area contributed by atoms with E-state index in [1.165, 1.54) is 37.7 Å². The molecule has 2 aromatic rings. The summed E-state index contributed by atoms with van der Waals surface area (Å²) in [5.74, 6) is 1.61. The van der Waals surface area contributed by atoms with E-state index in [1.54, 1.807) is 7.11 Å². The summed E-state index contributed by atoms with van der Waals surface area (Å²) in [7, 11) is 1.56. The number of amides is 1. The number of alkyl halides is 1. The largest absolute Gasteiger partial charge is 0.481 e. The summed E-state index contributed by atoms with van der Waals surface area (Å²) in [6.45, 7) is 2.16. The molecule has 3 heterocycles. The topological polar surface area (TPSA) is 54.5 Å². The summed E-state index contributed by atoms with van der Waals surface area (Å²) in [5, 5.41) is 3.54. The Kier molecular flexibility index (Phi) is 6.95. The number of aromatic nitrogens is 1. The molecule has 3 fully saturated rings. The Morgan fingerprint density at radius 3 is 2.68 bits per heavy atom. The summed E-state index contributed by atoms with van der Waals surface area (Å²) in [4.78, 5) is 21.3. The van der Waals surface area contributed by atoms with Gasteiger partial charge in [0, 0.05) is 37.2 Å². The number of fused-ring (bicyclic) bond motifs is 2. The van der Waals surface area contributed by atoms with Gasteiger partial charge in [-0.25, -0.2) is 9.37 Å². The van der Waals surface area contributed by atoms with Gasteiger partial charge in [-0.05, 0) is 61.5 Å². The van der Waals surface area contributed by atoms with Crippen molar-refractivity contribution in [2.75, 3.05) is 26.7 Å². The molecule has 2 saturated heterocycles. The fourth-order valence-electron chi connectivity index (χ4n) is 7.98. The number of nitrogens with zero attached hydrogens (tertiary/aromatic N) is 2. The molecule has 2 aliphatic heterocycles. The van der Waals surface area contributed by atoms with E-state index in [0.717, 1.165) is 24.9 Å². The van der Waals surface area contributed by atoms with Crippen LogP contribution in [0.5, 0.6) is 5.88 Å². The molecule has 1 spiro atoms. The highest BCUT2D eigenvalue weighted by Gasteiger charge is 2.54. The maximum Gasteiger partial charge on any atom is 0.228 e. The molecule has 5 unspecified atom stereocenters. The first-order chi connectivity index (χ1) is 18.1. The third-order valence-corrected chi connectivity index (χ3v) is 9.93. The van der Waals surface area contributed by atoms with Crippen molar-refractivity contribution < 1.29 is 13.9 Å². The number of hydrogen-bond donors (Lipinski definition) is 1. The fourth-order valence-corrected chi connectivity index (χ4v) is 7.98. The highest BCUT2D eigenvalue weighted by molar-refractivity contribution is 5.82. The molecule has 1 N–H and O–H groups in total. The van der Waals surface area contributed by atoms with Crippen molar-refractivity contribution in [3.05, 3.63) is 59.3 Å². The van der Waals surface area contributed by atoms with Gasteiger partial charge in [-0.3, -0.25) is 4.79 Å². The number of carbonyl (C=O) groups is 1. The van der Waals surface area contributed by atoms with Gasteiger partial charge >= 0.3 is 0 Å². The lowest BCUT2D eigenvalue weighted by molar-refractivity contribution is -0.143. The molecule has 6 rings (SSSR count). The molecule has 1 amide bonds. The molecular formula is C31H40FN3O2. The second kappa shape index (κ2) is 10.4. The Labute approximate surface area is 220 Å². The molecular weight excluding hydrogens is 465 g/mol. The first-order valence-electron chi connectivity index (χ1n) is 14.4. The Hall–Kier alpha value is -2.47. The maximum atomic E-state index is 15.1. The average Bonchev–Trinajstić information content (AvgIpc) is 3.39. The second-order valence-corrected chi connectivity index (χ2v) is 11.8. The van der Waals surface area contributed by atoms with Crippen LogP contribution in [0.1, 0.15) is 86.7 Å². The smallest absolute Gasteiger partial charge is 0.228 e. The van der Waals surface area contributed by atoms with Crippen LogP contribution in [0.25, 0.3) is 0 Å². The minimum absolute atomic E-state index is 0.187. The monoisotopic (exact) mass is 505 g/mol. The predicted octanol–water partition coefficient (Wildman–Crippen LogP) is 5.71. The standard InChI is InChI=1S/C31H40FN3O2/c1-37-28-13-12-24-29(34-28)26(32)14-16-31(24)20-33-19-25(31)30(36)35-17-15-23(21-8-4-2-5-9-21)18-27(35)22-10-6-3-7-11-22/h2,4-5,8-9,12-13,22-23,25-27,33H,3,6-7,10-11,14-20H2,1H3. The number of piperidine rings is 1. The van der Waals surface area contributed by atoms with Crippen molar-refractivity contribution in [2.24, 2.45) is 11.8 Å². The quantitative estimate of drug-likeness (QED) is 0.579. The van der Waals surface area contributed by atoms with Gasteiger partial charge in [0.05, 0.1) is 18.7 Å². The van der Waals surface area contributed by atoms with Gasteiger partial charge < -0.3 is 15.0 Å². The van der Waals surface area contributed by atoms with Crippen LogP contribution in [0.15, 0.2) is 42.5 Å². The molecule has 1 saturated carbocycles. The van der Waals surface area contributed by atoms with E-state index < -0.39 is 11.6 Å². The highest BCUT2D eigenvalue weighted by Crippen LogP contribution is 2.50. The number of benzene rings is 1. The van der Waals surface area contributed by atoms with Crippen LogP contribution in [-0.4, -0.2) is 48.6 Å². The van der Waals surface area contributed by atoms with Gasteiger partial charge in [0.1, 0.15) is 6.17 Å². The molecule has 0 radical (unpaired) electrons. The second-order valence-electron chi connectivity index (χ2n) is 11.8. The van der Waals surface area contributed by atoms with Crippen molar-refractivity contribution in [1.29, 1.82) is 0 Å². The third kappa shape index (κ3) is 4.45. The molecule has 198 valence electrons. The van der Waals surface area contributed by atoms with Crippen LogP contribution in [-0.2, 0) is 10.2 Å². The fraction of sp³-hybridized carbons (Fsp3) is 0.613. The highest BCUT2D eigenvalue weighted by atomic mass is 19.1. The zero-order chi connectivity index (χ0) is 25.4. The normalized spacial score (nSPS) is 32.3. The zero-order valence-corrected chi connectivity index (χ0v) is 22.0. The van der Waals surface area contributed by atoms with Crippen molar-refractivity contribution >= 4 is 5.91 Å². The number of methoxy groups -OCH3 is 1. The first-order valence-corrected chi connectivity index (χ1v) is 14.4. The summed E-state index contributed by atoms with van der Waals surface area (Å²) < 4.78 is 20.4. The lowest BCUT2D eigenvalue weighted by atomic mass is 9.64. The van der Waals surface area contributed by atoms with Gasteiger partial charge in [0.15, 0.2) is 0 Å². The number of halogens is 1. The molecule has 5 atom stereocenters. The minimum atomic E-state index is -1.11. The molecule has 5 nitrogen and oxygen atoms in total. The zero-order valence-electron chi connectivity index (χ0n) is 22.0. The number of likely N-dealkylation sites (tertiary alicyclic amines) is 1. The van der Waals surface area contributed by atoms with Crippen LogP contribution < -0.4 is 10.1 Å². The van der Waals surface area contributed by atoms with E-state index in [-0.39, 0.29) is 17.9 Å². The number of ether oxygens (including phenoxy) is 1. The van der Waals surface area contributed by atoms with Gasteiger partial charge in [-0.2, -0.15) is 0 Å². The third-order valence-electron chi connectivity index (χ3n) is 9.93. The van der Waals surface area contributed by atoms with E-state index in [9.17, 15) is 4.79 Å². The van der Waals surface area contributed by atoms with Crippen LogP contribution in [0.3, 0.4) is 0 Å². The number of nitrogens with one attached hydrogen (secondary N) is 1. The summed E-state index contributed by atoms with van der Waals surface area (Å²) >= 11 is 0. The molecule has 1 aromatic carbocycles. The van der Waals surface area contributed by atoms with E-state index >= 15 is 4.39 Å². The predicted molar refractivity (Wildman–Crippen MR) is 142 cm³/mol. The summed E-state index contributed by atoms with van der Waals surface area (Å²) in [6, 6.07) is 15.0. The first kappa shape index (κ1) is 24.8. The van der Waals surface area contributed by atoms with Gasteiger partial charge in [-0.1, -0.05) is 55.7 Å². The van der Waals surface area contributed by atoms with Crippen molar-refractivity contribution in [3.8, 4) is 5.88 Å². The lowest BCUT2D eigenvalue weighted by Crippen LogP contribution is -2.55. The van der Waals surface area contributed by atoms with Crippen LogP contribution in [0.4, 0.5) is 4.39 Å². The van der Waals surface area contributed by atoms with Crippen molar-refractivity contribution in [2.45, 2.75) is 81.3 Å². The SMILES string of the molecule is COc1ccc2c(n1)C(F)CCC21CNCC1C(=O)N1CCC(c2ccccc2)CC1C1CCCCC1. The number of rotatable bonds is 4. The Morgan fingerprint density at radius 2 is 1.89 bits per heavy atom. The molecule has 6 heteroatoms. The minimum Gasteiger partial charge on any atom is -0.481 e. The van der Waals surface area contributed by atoms with Crippen molar-refractivity contribution in [3.63, 3.8) is 0 Å². The van der Waals surface area contributed by atoms with Crippen LogP contribution >= 0.6 is 0 Å². The maximum absolute atomic E-state index is 15.1. The number of hydrogen-bond acceptors (Lipinski definition) is 4. The lowest BCUT2D eigenvalue weighted by Gasteiger charge is -2.48. The molecule has 1 aromatic heterocycles. The van der Waals surface area contributed by atoms with Crippen LogP contribution in [0.2, 0.25) is 0 Å². The Morgan fingerprint density at radius 1 is 1.08 bits per heavy atom. The van der Waals surface area contributed by atoms with E-state index in [1.807, 2.05) is 12.1 Å². The number of pyridine rings is 1. The average molecular weight is 506 g/mol. The summed E-state index contributed by atoms with van der Waals surface area (Å²) in [6.07, 6.45) is 8.33. The van der Waals surface area contributed by atoms with Crippen molar-refractivity contribution in [1.82, 2.24) is 15.2 Å². The van der Waals surface area contributed by atoms with Gasteiger partial charge in [-0.15, -0.1) is 0 Å².